The van der Waals surface area contributed by atoms with Crippen LogP contribution in [0.2, 0.25) is 0 Å². The molecule has 0 spiro atoms. The van der Waals surface area contributed by atoms with Gasteiger partial charge in [-0.25, -0.2) is 0 Å². The molecule has 3 amide bonds. The van der Waals surface area contributed by atoms with E-state index in [1.165, 1.54) is 21.8 Å². The Kier molecular flexibility index (Phi) is 7.00. The molecule has 1 heterocycles. The lowest BCUT2D eigenvalue weighted by molar-refractivity contribution is -0.132. The molecule has 160 valence electrons. The molecule has 2 aromatic carbocycles. The van der Waals surface area contributed by atoms with Gasteiger partial charge < -0.3 is 14.5 Å². The Hall–Kier alpha value is -3.70. The topological polar surface area (TPSA) is 93.9 Å². The molecule has 2 aromatic rings. The zero-order chi connectivity index (χ0) is 22.4. The molecule has 1 saturated heterocycles. The van der Waals surface area contributed by atoms with E-state index in [0.717, 1.165) is 5.56 Å². The summed E-state index contributed by atoms with van der Waals surface area (Å²) in [6.07, 6.45) is 0. The zero-order valence-electron chi connectivity index (χ0n) is 17.6. The van der Waals surface area contributed by atoms with Gasteiger partial charge in [0.2, 0.25) is 11.8 Å². The number of nitrogens with zero attached hydrogens (tertiary/aromatic N) is 4. The molecule has 0 radical (unpaired) electrons. The van der Waals surface area contributed by atoms with Crippen LogP contribution in [0.1, 0.15) is 21.5 Å². The van der Waals surface area contributed by atoms with Gasteiger partial charge in [-0.15, -0.1) is 0 Å². The van der Waals surface area contributed by atoms with Crippen molar-refractivity contribution in [2.24, 2.45) is 0 Å². The Morgan fingerprint density at radius 2 is 1.94 bits per heavy atom. The van der Waals surface area contributed by atoms with Crippen LogP contribution in [0.3, 0.4) is 0 Å². The maximum Gasteiger partial charge on any atom is 0.254 e. The molecule has 0 N–H and O–H groups in total. The third kappa shape index (κ3) is 5.27. The summed E-state index contributed by atoms with van der Waals surface area (Å²) in [5.74, 6) is -0.795. The minimum absolute atomic E-state index is 0.0599. The Morgan fingerprint density at radius 1 is 1.19 bits per heavy atom. The van der Waals surface area contributed by atoms with E-state index in [-0.39, 0.29) is 44.0 Å². The number of carbonyl (C=O) groups excluding carboxylic acids is 3. The van der Waals surface area contributed by atoms with Gasteiger partial charge in [0.05, 0.1) is 18.2 Å². The Bertz CT molecular complexity index is 1010. The fourth-order valence-corrected chi connectivity index (χ4v) is 3.33. The summed E-state index contributed by atoms with van der Waals surface area (Å²) >= 11 is 0. The van der Waals surface area contributed by atoms with Gasteiger partial charge in [0.25, 0.3) is 5.91 Å². The molecule has 1 aliphatic heterocycles. The third-order valence-corrected chi connectivity index (χ3v) is 5.04. The number of hydrogen-bond donors (Lipinski definition) is 0. The fourth-order valence-electron chi connectivity index (χ4n) is 3.33. The summed E-state index contributed by atoms with van der Waals surface area (Å²) in [5.41, 5.74) is 2.56. The summed E-state index contributed by atoms with van der Waals surface area (Å²) in [5, 5.41) is 8.92. The quantitative estimate of drug-likeness (QED) is 0.681. The molecule has 1 aliphatic rings. The molecular formula is C23H24N4O4. The van der Waals surface area contributed by atoms with Crippen LogP contribution in [0.5, 0.6) is 0 Å². The van der Waals surface area contributed by atoms with Gasteiger partial charge in [-0.1, -0.05) is 17.7 Å². The second-order valence-corrected chi connectivity index (χ2v) is 7.30. The Morgan fingerprint density at radius 3 is 2.58 bits per heavy atom. The van der Waals surface area contributed by atoms with Crippen molar-refractivity contribution in [1.29, 1.82) is 5.26 Å². The molecule has 31 heavy (non-hydrogen) atoms. The molecule has 0 bridgehead atoms. The van der Waals surface area contributed by atoms with Crippen molar-refractivity contribution in [2.75, 3.05) is 44.9 Å². The van der Waals surface area contributed by atoms with Gasteiger partial charge >= 0.3 is 0 Å². The SMILES string of the molecule is COCCN(CC(=O)N1CC(=O)N(c2ccc(C#N)cc2)C1)C(=O)c1cccc(C)c1. The maximum atomic E-state index is 13.0. The molecule has 8 nitrogen and oxygen atoms in total. The lowest BCUT2D eigenvalue weighted by atomic mass is 10.1. The fraction of sp³-hybridized carbons (Fsp3) is 0.304. The maximum absolute atomic E-state index is 13.0. The standard InChI is InChI=1S/C23H24N4O4/c1-17-4-3-5-19(12-17)23(30)25(10-11-31-2)14-21(28)26-15-22(29)27(16-26)20-8-6-18(13-24)7-9-20/h3-9,12H,10-11,14-16H2,1-2H3. The first kappa shape index (κ1) is 22.0. The second kappa shape index (κ2) is 9.87. The zero-order valence-corrected chi connectivity index (χ0v) is 17.6. The molecule has 8 heteroatoms. The number of aryl methyl sites for hydroxylation is 1. The molecule has 0 saturated carbocycles. The van der Waals surface area contributed by atoms with Crippen LogP contribution in [-0.4, -0.2) is 67.5 Å². The molecule has 3 rings (SSSR count). The van der Waals surface area contributed by atoms with Crippen LogP contribution in [-0.2, 0) is 14.3 Å². The third-order valence-electron chi connectivity index (χ3n) is 5.04. The van der Waals surface area contributed by atoms with E-state index in [4.69, 9.17) is 10.00 Å². The number of carbonyl (C=O) groups is 3. The highest BCUT2D eigenvalue weighted by atomic mass is 16.5. The van der Waals surface area contributed by atoms with Crippen molar-refractivity contribution < 1.29 is 19.1 Å². The number of hydrogen-bond acceptors (Lipinski definition) is 5. The largest absolute Gasteiger partial charge is 0.383 e. The summed E-state index contributed by atoms with van der Waals surface area (Å²) in [6, 6.07) is 15.8. The first-order valence-electron chi connectivity index (χ1n) is 9.86. The lowest BCUT2D eigenvalue weighted by Crippen LogP contribution is -2.44. The predicted molar refractivity (Wildman–Crippen MR) is 114 cm³/mol. The normalized spacial score (nSPS) is 13.3. The molecular weight excluding hydrogens is 396 g/mol. The highest BCUT2D eigenvalue weighted by Crippen LogP contribution is 2.20. The van der Waals surface area contributed by atoms with Gasteiger partial charge in [-0.2, -0.15) is 5.26 Å². The second-order valence-electron chi connectivity index (χ2n) is 7.30. The van der Waals surface area contributed by atoms with E-state index in [0.29, 0.717) is 23.4 Å². The average molecular weight is 420 g/mol. The Balaban J connectivity index is 1.70. The minimum atomic E-state index is -0.318. The highest BCUT2D eigenvalue weighted by Gasteiger charge is 2.33. The number of ether oxygens (including phenoxy) is 1. The smallest absolute Gasteiger partial charge is 0.254 e. The minimum Gasteiger partial charge on any atom is -0.383 e. The van der Waals surface area contributed by atoms with Crippen LogP contribution < -0.4 is 4.90 Å². The van der Waals surface area contributed by atoms with Gasteiger partial charge in [0.1, 0.15) is 19.8 Å². The molecule has 0 unspecified atom stereocenters. The molecule has 0 aromatic heterocycles. The van der Waals surface area contributed by atoms with E-state index < -0.39 is 0 Å². The van der Waals surface area contributed by atoms with E-state index >= 15 is 0 Å². The summed E-state index contributed by atoms with van der Waals surface area (Å²) in [4.78, 5) is 42.7. The first-order chi connectivity index (χ1) is 14.9. The van der Waals surface area contributed by atoms with E-state index in [1.807, 2.05) is 19.1 Å². The number of nitriles is 1. The van der Waals surface area contributed by atoms with Crippen LogP contribution in [0.15, 0.2) is 48.5 Å². The van der Waals surface area contributed by atoms with Crippen molar-refractivity contribution in [3.05, 3.63) is 65.2 Å². The number of rotatable bonds is 7. The highest BCUT2D eigenvalue weighted by molar-refractivity contribution is 6.01. The number of benzene rings is 2. The van der Waals surface area contributed by atoms with Crippen LogP contribution >= 0.6 is 0 Å². The summed E-state index contributed by atoms with van der Waals surface area (Å²) in [6.45, 7) is 2.34. The van der Waals surface area contributed by atoms with Gasteiger partial charge in [-0.3, -0.25) is 19.3 Å². The Labute approximate surface area is 181 Å². The summed E-state index contributed by atoms with van der Waals surface area (Å²) in [7, 11) is 1.53. The van der Waals surface area contributed by atoms with Gasteiger partial charge in [0.15, 0.2) is 0 Å². The van der Waals surface area contributed by atoms with Gasteiger partial charge in [0, 0.05) is 24.9 Å². The van der Waals surface area contributed by atoms with Crippen LogP contribution in [0.25, 0.3) is 0 Å². The number of anilines is 1. The summed E-state index contributed by atoms with van der Waals surface area (Å²) < 4.78 is 5.10. The molecule has 0 aliphatic carbocycles. The van der Waals surface area contributed by atoms with Gasteiger partial charge in [-0.05, 0) is 43.3 Å². The average Bonchev–Trinajstić information content (AvgIpc) is 3.17. The van der Waals surface area contributed by atoms with E-state index in [1.54, 1.807) is 42.5 Å². The van der Waals surface area contributed by atoms with Crippen LogP contribution in [0, 0.1) is 18.3 Å². The van der Waals surface area contributed by atoms with E-state index in [9.17, 15) is 14.4 Å². The van der Waals surface area contributed by atoms with Crippen molar-refractivity contribution >= 4 is 23.4 Å². The predicted octanol–water partition coefficient (Wildman–Crippen LogP) is 1.79. The van der Waals surface area contributed by atoms with Crippen molar-refractivity contribution in [3.8, 4) is 6.07 Å². The first-order valence-corrected chi connectivity index (χ1v) is 9.86. The van der Waals surface area contributed by atoms with Crippen molar-refractivity contribution in [1.82, 2.24) is 9.80 Å². The molecule has 1 fully saturated rings. The van der Waals surface area contributed by atoms with Crippen molar-refractivity contribution in [3.63, 3.8) is 0 Å². The number of methoxy groups -OCH3 is 1. The monoisotopic (exact) mass is 420 g/mol. The lowest BCUT2D eigenvalue weighted by Gasteiger charge is -2.25. The number of amides is 3. The van der Waals surface area contributed by atoms with Crippen molar-refractivity contribution in [2.45, 2.75) is 6.92 Å². The van der Waals surface area contributed by atoms with E-state index in [2.05, 4.69) is 0 Å². The van der Waals surface area contributed by atoms with Crippen LogP contribution in [0.4, 0.5) is 5.69 Å². The molecule has 0 atom stereocenters.